The number of hydrogen-bond acceptors (Lipinski definition) is 5. The van der Waals surface area contributed by atoms with Crippen molar-refractivity contribution in [1.29, 1.82) is 0 Å². The van der Waals surface area contributed by atoms with Crippen LogP contribution in [0.5, 0.6) is 0 Å². The average molecular weight is 664 g/mol. The van der Waals surface area contributed by atoms with E-state index in [1.165, 1.54) is 75.3 Å². The van der Waals surface area contributed by atoms with E-state index >= 15 is 0 Å². The standard InChI is InChI=1S/C42H53N3O2S/c1-6-28-18-25-42(45-38-44-34(27-48-38)33-12-7-8-26-43-33)22-10-21-40(4)23-20-35-39(2,3)31(29-14-16-30(17-15-29)37(46)47)19-24-41(35,5)36(40)13-9-11-32(28)42/h6-8,12,14-17,19,26-28,32,35-36H,1,9-11,13,18,20-25H2,2-5H3,(H,44,45)(H,46,47). The molecule has 3 aromatic rings. The molecule has 7 unspecified atom stereocenters. The van der Waals surface area contributed by atoms with Gasteiger partial charge in [0.2, 0.25) is 0 Å². The predicted octanol–water partition coefficient (Wildman–Crippen LogP) is 11.2. The zero-order valence-corrected chi connectivity index (χ0v) is 30.1. The molecule has 3 saturated carbocycles. The van der Waals surface area contributed by atoms with Crippen LogP contribution in [0.15, 0.2) is 72.8 Å². The summed E-state index contributed by atoms with van der Waals surface area (Å²) in [5, 5.41) is 16.7. The molecule has 0 saturated heterocycles. The number of anilines is 1. The van der Waals surface area contributed by atoms with Gasteiger partial charge in [-0.15, -0.1) is 17.9 Å². The number of nitrogens with one attached hydrogen (secondary N) is 1. The number of rotatable bonds is 6. The molecule has 7 rings (SSSR count). The second-order valence-corrected chi connectivity index (χ2v) is 17.5. The minimum atomic E-state index is -0.864. The normalized spacial score (nSPS) is 34.5. The number of pyridine rings is 1. The minimum Gasteiger partial charge on any atom is -0.478 e. The quantitative estimate of drug-likeness (QED) is 0.257. The average Bonchev–Trinajstić information content (AvgIpc) is 3.67. The Kier molecular flexibility index (Phi) is 8.71. The zero-order chi connectivity index (χ0) is 33.7. The molecule has 0 bridgehead atoms. The lowest BCUT2D eigenvalue weighted by Gasteiger charge is -2.63. The van der Waals surface area contributed by atoms with Crippen LogP contribution in [0.4, 0.5) is 5.13 Å². The van der Waals surface area contributed by atoms with Gasteiger partial charge in [-0.2, -0.15) is 0 Å². The van der Waals surface area contributed by atoms with Crippen molar-refractivity contribution in [2.24, 2.45) is 39.9 Å². The molecule has 4 aliphatic rings. The molecule has 3 fully saturated rings. The molecule has 4 aliphatic carbocycles. The SMILES string of the molecule is C=CC1CCC2(Nc3nc(-c4ccccn4)cs3)CCCC3(C)CCC4C(C)(C)C(c5ccc(C(=O)O)cc5)=CCC4(C)C3CCCC12. The highest BCUT2D eigenvalue weighted by Crippen LogP contribution is 2.67. The summed E-state index contributed by atoms with van der Waals surface area (Å²) in [6.07, 6.45) is 20.1. The van der Waals surface area contributed by atoms with Crippen LogP contribution in [0.25, 0.3) is 17.0 Å². The maximum absolute atomic E-state index is 11.5. The lowest BCUT2D eigenvalue weighted by Crippen LogP contribution is -2.55. The number of nitrogens with zero attached hydrogens (tertiary/aromatic N) is 2. The third-order valence-electron chi connectivity index (χ3n) is 13.8. The Bertz CT molecular complexity index is 1680. The molecule has 0 amide bonds. The Hall–Kier alpha value is -3.25. The summed E-state index contributed by atoms with van der Waals surface area (Å²) < 4.78 is 0. The summed E-state index contributed by atoms with van der Waals surface area (Å²) in [5.41, 5.74) is 5.48. The number of allylic oxidation sites excluding steroid dienone is 3. The number of benzene rings is 1. The number of hydrogen-bond donors (Lipinski definition) is 2. The zero-order valence-electron chi connectivity index (χ0n) is 29.3. The van der Waals surface area contributed by atoms with Gasteiger partial charge in [-0.3, -0.25) is 4.98 Å². The maximum Gasteiger partial charge on any atom is 0.335 e. The van der Waals surface area contributed by atoms with Gasteiger partial charge in [-0.05, 0) is 133 Å². The van der Waals surface area contributed by atoms with Crippen molar-refractivity contribution in [3.05, 3.63) is 83.9 Å². The first kappa shape index (κ1) is 33.3. The highest BCUT2D eigenvalue weighted by Gasteiger charge is 2.59. The smallest absolute Gasteiger partial charge is 0.335 e. The first-order valence-corrected chi connectivity index (χ1v) is 19.2. The molecule has 254 valence electrons. The van der Waals surface area contributed by atoms with Crippen molar-refractivity contribution in [3.63, 3.8) is 0 Å². The van der Waals surface area contributed by atoms with E-state index in [2.05, 4.69) is 62.1 Å². The third-order valence-corrected chi connectivity index (χ3v) is 14.6. The summed E-state index contributed by atoms with van der Waals surface area (Å²) in [7, 11) is 0. The number of fused-ring (bicyclic) bond motifs is 4. The number of carboxylic acids is 1. The molecule has 5 nitrogen and oxygen atoms in total. The van der Waals surface area contributed by atoms with Crippen LogP contribution in [-0.2, 0) is 0 Å². The lowest BCUT2D eigenvalue weighted by molar-refractivity contribution is -0.101. The third kappa shape index (κ3) is 5.66. The number of carbonyl (C=O) groups is 1. The van der Waals surface area contributed by atoms with Gasteiger partial charge in [0.25, 0.3) is 0 Å². The molecule has 0 aliphatic heterocycles. The van der Waals surface area contributed by atoms with Crippen molar-refractivity contribution < 1.29 is 9.90 Å². The van der Waals surface area contributed by atoms with Crippen molar-refractivity contribution in [2.45, 2.75) is 104 Å². The maximum atomic E-state index is 11.5. The van der Waals surface area contributed by atoms with Crippen molar-refractivity contribution >= 4 is 28.0 Å². The van der Waals surface area contributed by atoms with Gasteiger partial charge in [0.1, 0.15) is 5.69 Å². The van der Waals surface area contributed by atoms with E-state index in [0.29, 0.717) is 34.7 Å². The fraction of sp³-hybridized carbons (Fsp3) is 0.548. The summed E-state index contributed by atoms with van der Waals surface area (Å²) in [5.74, 6) is 1.52. The number of thiazole rings is 1. The van der Waals surface area contributed by atoms with Gasteiger partial charge in [0.05, 0.1) is 11.3 Å². The molecule has 6 heteroatoms. The van der Waals surface area contributed by atoms with Crippen molar-refractivity contribution in [3.8, 4) is 11.4 Å². The second kappa shape index (κ2) is 12.6. The van der Waals surface area contributed by atoms with Gasteiger partial charge in [0.15, 0.2) is 5.13 Å². The first-order chi connectivity index (χ1) is 23.0. The summed E-state index contributed by atoms with van der Waals surface area (Å²) in [6, 6.07) is 13.6. The highest BCUT2D eigenvalue weighted by atomic mass is 32.1. The molecule has 0 radical (unpaired) electrons. The fourth-order valence-electron chi connectivity index (χ4n) is 11.6. The molecule has 2 aromatic heterocycles. The molecular weight excluding hydrogens is 611 g/mol. The Labute approximate surface area is 291 Å². The summed E-state index contributed by atoms with van der Waals surface area (Å²) in [4.78, 5) is 21.1. The van der Waals surface area contributed by atoms with Gasteiger partial charge < -0.3 is 10.4 Å². The van der Waals surface area contributed by atoms with Crippen LogP contribution in [0, 0.1) is 39.9 Å². The first-order valence-electron chi connectivity index (χ1n) is 18.3. The molecule has 1 aromatic carbocycles. The Morgan fingerprint density at radius 3 is 2.48 bits per heavy atom. The topological polar surface area (TPSA) is 75.1 Å². The number of carboxylic acid groups (broad SMARTS) is 1. The van der Waals surface area contributed by atoms with Crippen molar-refractivity contribution in [1.82, 2.24) is 9.97 Å². The van der Waals surface area contributed by atoms with Crippen LogP contribution >= 0.6 is 11.3 Å². The Morgan fingerprint density at radius 2 is 1.75 bits per heavy atom. The summed E-state index contributed by atoms with van der Waals surface area (Å²) in [6.45, 7) is 14.5. The Morgan fingerprint density at radius 1 is 0.938 bits per heavy atom. The molecule has 7 atom stereocenters. The van der Waals surface area contributed by atoms with Gasteiger partial charge in [0, 0.05) is 17.1 Å². The van der Waals surface area contributed by atoms with E-state index in [4.69, 9.17) is 4.98 Å². The molecule has 0 spiro atoms. The van der Waals surface area contributed by atoms with E-state index in [-0.39, 0.29) is 16.4 Å². The van der Waals surface area contributed by atoms with E-state index < -0.39 is 5.97 Å². The second-order valence-electron chi connectivity index (χ2n) is 16.6. The fourth-order valence-corrected chi connectivity index (χ4v) is 12.4. The van der Waals surface area contributed by atoms with Crippen LogP contribution in [0.2, 0.25) is 0 Å². The van der Waals surface area contributed by atoms with Gasteiger partial charge in [-0.1, -0.05) is 70.9 Å². The molecule has 48 heavy (non-hydrogen) atoms. The summed E-state index contributed by atoms with van der Waals surface area (Å²) >= 11 is 1.72. The van der Waals surface area contributed by atoms with Crippen LogP contribution in [-0.4, -0.2) is 26.6 Å². The number of aromatic nitrogens is 2. The van der Waals surface area contributed by atoms with Crippen LogP contribution in [0.1, 0.15) is 114 Å². The molecule has 2 N–H and O–H groups in total. The molecule has 2 heterocycles. The Balaban J connectivity index is 1.15. The number of aromatic carboxylic acids is 1. The van der Waals surface area contributed by atoms with Gasteiger partial charge in [-0.25, -0.2) is 9.78 Å². The largest absolute Gasteiger partial charge is 0.478 e. The van der Waals surface area contributed by atoms with Crippen LogP contribution < -0.4 is 5.32 Å². The minimum absolute atomic E-state index is 0.0225. The van der Waals surface area contributed by atoms with Crippen molar-refractivity contribution in [2.75, 3.05) is 5.32 Å². The van der Waals surface area contributed by atoms with E-state index in [9.17, 15) is 9.90 Å². The van der Waals surface area contributed by atoms with E-state index in [1.54, 1.807) is 23.5 Å². The predicted molar refractivity (Wildman–Crippen MR) is 198 cm³/mol. The lowest BCUT2D eigenvalue weighted by atomic mass is 9.42. The molecular formula is C42H53N3O2S. The van der Waals surface area contributed by atoms with E-state index in [1.807, 2.05) is 36.5 Å². The highest BCUT2D eigenvalue weighted by molar-refractivity contribution is 7.14. The van der Waals surface area contributed by atoms with Gasteiger partial charge >= 0.3 is 5.97 Å². The van der Waals surface area contributed by atoms with Crippen LogP contribution in [0.3, 0.4) is 0 Å². The van der Waals surface area contributed by atoms with E-state index in [0.717, 1.165) is 22.9 Å². The monoisotopic (exact) mass is 663 g/mol.